The summed E-state index contributed by atoms with van der Waals surface area (Å²) in [7, 11) is 0. The van der Waals surface area contributed by atoms with Gasteiger partial charge >= 0.3 is 0 Å². The quantitative estimate of drug-likeness (QED) is 0.851. The number of aliphatic hydroxyl groups is 1. The number of rotatable bonds is 4. The van der Waals surface area contributed by atoms with E-state index in [1.165, 1.54) is 6.33 Å². The summed E-state index contributed by atoms with van der Waals surface area (Å²) in [6, 6.07) is 0. The Morgan fingerprint density at radius 1 is 1.44 bits per heavy atom. The third-order valence-corrected chi connectivity index (χ3v) is 4.16. The molecule has 0 saturated carbocycles. The maximum absolute atomic E-state index is 8.72. The van der Waals surface area contributed by atoms with Gasteiger partial charge in [-0.3, -0.25) is 0 Å². The summed E-state index contributed by atoms with van der Waals surface area (Å²) in [6.07, 6.45) is 3.54. The van der Waals surface area contributed by atoms with Gasteiger partial charge in [0.1, 0.15) is 17.3 Å². The molecule has 0 amide bonds. The summed E-state index contributed by atoms with van der Waals surface area (Å²) in [5.41, 5.74) is 0. The van der Waals surface area contributed by atoms with Gasteiger partial charge in [0.25, 0.3) is 0 Å². The molecule has 0 aromatic carbocycles. The number of hydrogen-bond acceptors (Lipinski definition) is 5. The Bertz CT molecular complexity index is 400. The number of anilines is 1. The van der Waals surface area contributed by atoms with Crippen molar-refractivity contribution in [1.82, 2.24) is 9.97 Å². The van der Waals surface area contributed by atoms with Gasteiger partial charge in [-0.1, -0.05) is 11.6 Å². The Labute approximate surface area is 119 Å². The van der Waals surface area contributed by atoms with E-state index in [-0.39, 0.29) is 12.7 Å². The molecule has 1 fully saturated rings. The molecule has 2 heterocycles. The SMILES string of the molecule is OCCOC1CCN(c2ncnc(Cl)c2Br)CC1. The summed E-state index contributed by atoms with van der Waals surface area (Å²) in [4.78, 5) is 10.3. The highest BCUT2D eigenvalue weighted by Crippen LogP contribution is 2.30. The molecule has 0 aliphatic carbocycles. The average molecular weight is 337 g/mol. The first-order valence-corrected chi connectivity index (χ1v) is 7.03. The average Bonchev–Trinajstić information content (AvgIpc) is 2.40. The molecule has 1 aromatic rings. The normalized spacial score (nSPS) is 17.2. The summed E-state index contributed by atoms with van der Waals surface area (Å²) in [5.74, 6) is 0.829. The van der Waals surface area contributed by atoms with Gasteiger partial charge in [-0.2, -0.15) is 0 Å². The molecule has 100 valence electrons. The van der Waals surface area contributed by atoms with Crippen LogP contribution < -0.4 is 4.90 Å². The first-order valence-electron chi connectivity index (χ1n) is 5.85. The first-order chi connectivity index (χ1) is 8.72. The van der Waals surface area contributed by atoms with Crippen LogP contribution in [0.15, 0.2) is 10.8 Å². The zero-order valence-corrected chi connectivity index (χ0v) is 12.2. The molecule has 1 aliphatic heterocycles. The third kappa shape index (κ3) is 3.32. The van der Waals surface area contributed by atoms with Crippen LogP contribution in [-0.4, -0.2) is 47.5 Å². The van der Waals surface area contributed by atoms with Crippen molar-refractivity contribution in [2.24, 2.45) is 0 Å². The van der Waals surface area contributed by atoms with Crippen LogP contribution in [0.5, 0.6) is 0 Å². The Morgan fingerprint density at radius 3 is 2.83 bits per heavy atom. The van der Waals surface area contributed by atoms with Gasteiger partial charge in [-0.05, 0) is 28.8 Å². The molecule has 1 aromatic heterocycles. The summed E-state index contributed by atoms with van der Waals surface area (Å²) >= 11 is 9.36. The predicted octanol–water partition coefficient (Wildman–Crippen LogP) is 1.87. The lowest BCUT2D eigenvalue weighted by Gasteiger charge is -2.33. The van der Waals surface area contributed by atoms with Crippen LogP contribution in [-0.2, 0) is 4.74 Å². The zero-order valence-electron chi connectivity index (χ0n) is 9.85. The minimum Gasteiger partial charge on any atom is -0.394 e. The van der Waals surface area contributed by atoms with Crippen LogP contribution in [0.4, 0.5) is 5.82 Å². The molecule has 0 unspecified atom stereocenters. The highest BCUT2D eigenvalue weighted by molar-refractivity contribution is 9.10. The largest absolute Gasteiger partial charge is 0.394 e. The number of ether oxygens (including phenoxy) is 1. The second kappa shape index (κ2) is 6.65. The predicted molar refractivity (Wildman–Crippen MR) is 73.0 cm³/mol. The van der Waals surface area contributed by atoms with E-state index in [1.807, 2.05) is 0 Å². The second-order valence-electron chi connectivity index (χ2n) is 4.08. The molecular weight excluding hydrogens is 321 g/mol. The molecule has 18 heavy (non-hydrogen) atoms. The Kier molecular flexibility index (Phi) is 5.17. The van der Waals surface area contributed by atoms with Crippen molar-refractivity contribution < 1.29 is 9.84 Å². The van der Waals surface area contributed by atoms with E-state index in [1.54, 1.807) is 0 Å². The minimum atomic E-state index is 0.0767. The van der Waals surface area contributed by atoms with Gasteiger partial charge in [0.15, 0.2) is 0 Å². The summed E-state index contributed by atoms with van der Waals surface area (Å²) in [5, 5.41) is 9.15. The van der Waals surface area contributed by atoms with E-state index in [9.17, 15) is 0 Å². The molecule has 1 aliphatic rings. The van der Waals surface area contributed by atoms with Gasteiger partial charge in [0.05, 0.1) is 23.8 Å². The zero-order chi connectivity index (χ0) is 13.0. The first kappa shape index (κ1) is 14.0. The molecule has 7 heteroatoms. The van der Waals surface area contributed by atoms with E-state index >= 15 is 0 Å². The van der Waals surface area contributed by atoms with E-state index in [4.69, 9.17) is 21.4 Å². The summed E-state index contributed by atoms with van der Waals surface area (Å²) in [6.45, 7) is 2.21. The van der Waals surface area contributed by atoms with Crippen molar-refractivity contribution in [2.45, 2.75) is 18.9 Å². The lowest BCUT2D eigenvalue weighted by atomic mass is 10.1. The van der Waals surface area contributed by atoms with Gasteiger partial charge < -0.3 is 14.7 Å². The maximum Gasteiger partial charge on any atom is 0.148 e. The lowest BCUT2D eigenvalue weighted by molar-refractivity contribution is 0.0158. The van der Waals surface area contributed by atoms with E-state index in [0.717, 1.165) is 36.2 Å². The van der Waals surface area contributed by atoms with Crippen molar-refractivity contribution in [2.75, 3.05) is 31.2 Å². The molecular formula is C11H15BrClN3O2. The van der Waals surface area contributed by atoms with Crippen LogP contribution in [0.25, 0.3) is 0 Å². The topological polar surface area (TPSA) is 58.5 Å². The number of aliphatic hydroxyl groups excluding tert-OH is 1. The molecule has 5 nitrogen and oxygen atoms in total. The Balaban J connectivity index is 1.95. The van der Waals surface area contributed by atoms with Crippen LogP contribution >= 0.6 is 27.5 Å². The van der Waals surface area contributed by atoms with Crippen LogP contribution in [0, 0.1) is 0 Å². The van der Waals surface area contributed by atoms with E-state index < -0.39 is 0 Å². The van der Waals surface area contributed by atoms with Gasteiger partial charge in [0, 0.05) is 13.1 Å². The number of nitrogens with zero attached hydrogens (tertiary/aromatic N) is 3. The van der Waals surface area contributed by atoms with Crippen LogP contribution in [0.1, 0.15) is 12.8 Å². The van der Waals surface area contributed by atoms with Gasteiger partial charge in [-0.15, -0.1) is 0 Å². The lowest BCUT2D eigenvalue weighted by Crippen LogP contribution is -2.38. The third-order valence-electron chi connectivity index (χ3n) is 2.91. The monoisotopic (exact) mass is 335 g/mol. The molecule has 0 spiro atoms. The van der Waals surface area contributed by atoms with E-state index in [0.29, 0.717) is 11.8 Å². The van der Waals surface area contributed by atoms with Gasteiger partial charge in [0.2, 0.25) is 0 Å². The van der Waals surface area contributed by atoms with Crippen LogP contribution in [0.2, 0.25) is 5.15 Å². The van der Waals surface area contributed by atoms with Crippen molar-refractivity contribution in [3.05, 3.63) is 16.0 Å². The minimum absolute atomic E-state index is 0.0767. The Morgan fingerprint density at radius 2 is 2.17 bits per heavy atom. The summed E-state index contributed by atoms with van der Waals surface area (Å²) < 4.78 is 6.26. The number of hydrogen-bond donors (Lipinski definition) is 1. The van der Waals surface area contributed by atoms with E-state index in [2.05, 4.69) is 30.8 Å². The fourth-order valence-electron chi connectivity index (χ4n) is 2.01. The van der Waals surface area contributed by atoms with Crippen molar-refractivity contribution in [1.29, 1.82) is 0 Å². The van der Waals surface area contributed by atoms with Crippen molar-refractivity contribution in [3.63, 3.8) is 0 Å². The molecule has 1 N–H and O–H groups in total. The van der Waals surface area contributed by atoms with Crippen molar-refractivity contribution >= 4 is 33.3 Å². The molecule has 2 rings (SSSR count). The maximum atomic E-state index is 8.72. The molecule has 0 bridgehead atoms. The second-order valence-corrected chi connectivity index (χ2v) is 5.23. The number of halogens is 2. The molecule has 0 atom stereocenters. The molecule has 1 saturated heterocycles. The highest BCUT2D eigenvalue weighted by Gasteiger charge is 2.22. The van der Waals surface area contributed by atoms with Crippen molar-refractivity contribution in [3.8, 4) is 0 Å². The van der Waals surface area contributed by atoms with Crippen LogP contribution in [0.3, 0.4) is 0 Å². The fraction of sp³-hybridized carbons (Fsp3) is 0.636. The Hall–Kier alpha value is -0.430. The van der Waals surface area contributed by atoms with Gasteiger partial charge in [-0.25, -0.2) is 9.97 Å². The fourth-order valence-corrected chi connectivity index (χ4v) is 2.60. The number of piperidine rings is 1. The smallest absolute Gasteiger partial charge is 0.148 e. The number of aromatic nitrogens is 2. The standard InChI is InChI=1S/C11H15BrClN3O2/c12-9-10(13)14-7-15-11(9)16-3-1-8(2-4-16)18-6-5-17/h7-8,17H,1-6H2. The highest BCUT2D eigenvalue weighted by atomic mass is 79.9. The molecule has 0 radical (unpaired) electrons.